The van der Waals surface area contributed by atoms with E-state index in [9.17, 15) is 0 Å². The maximum absolute atomic E-state index is 5.51. The van der Waals surface area contributed by atoms with Gasteiger partial charge in [-0.1, -0.05) is 206 Å². The van der Waals surface area contributed by atoms with Gasteiger partial charge in [0.1, 0.15) is 0 Å². The van der Waals surface area contributed by atoms with E-state index >= 15 is 0 Å². The second kappa shape index (κ2) is 17.0. The largest absolute Gasteiger partial charge is 0.256 e. The molecule has 12 aromatic rings. The van der Waals surface area contributed by atoms with Gasteiger partial charge in [-0.25, -0.2) is 9.97 Å². The molecule has 2 heterocycles. The van der Waals surface area contributed by atoms with Gasteiger partial charge >= 0.3 is 0 Å². The van der Waals surface area contributed by atoms with Crippen LogP contribution in [-0.2, 0) is 0 Å². The minimum Gasteiger partial charge on any atom is -0.256 e. The molecule has 0 unspecified atom stereocenters. The second-order valence-corrected chi connectivity index (χ2v) is 17.3. The molecule has 314 valence electrons. The van der Waals surface area contributed by atoms with E-state index in [1.807, 2.05) is 12.3 Å². The van der Waals surface area contributed by atoms with Crippen molar-refractivity contribution in [3.63, 3.8) is 0 Å². The number of para-hydroxylation sites is 1. The number of aromatic nitrogens is 3. The molecule has 2 aromatic heterocycles. The SMILES string of the molecule is Cc1cc(-c2ccc(-c3nc(-c4ccc(-c5cnc6ccccc6c5)cc4)c4cc(-c5ccc(-c6ccccc6)cc5)cc(-c5ccc(-c6ccccc6)cc5)c4n3)cc2)cc2ccccc12. The van der Waals surface area contributed by atoms with E-state index in [2.05, 4.69) is 237 Å². The van der Waals surface area contributed by atoms with E-state index in [-0.39, 0.29) is 0 Å². The molecule has 3 heteroatoms. The summed E-state index contributed by atoms with van der Waals surface area (Å²) in [7, 11) is 0. The van der Waals surface area contributed by atoms with Crippen molar-refractivity contribution in [2.45, 2.75) is 6.92 Å². The summed E-state index contributed by atoms with van der Waals surface area (Å²) in [5.41, 5.74) is 19.6. The monoisotopic (exact) mass is 853 g/mol. The van der Waals surface area contributed by atoms with Crippen molar-refractivity contribution in [1.29, 1.82) is 0 Å². The highest BCUT2D eigenvalue weighted by atomic mass is 14.9. The van der Waals surface area contributed by atoms with Gasteiger partial charge in [-0.05, 0) is 109 Å². The number of pyridine rings is 1. The first-order chi connectivity index (χ1) is 33.1. The number of aryl methyl sites for hydroxylation is 1. The molecule has 0 aliphatic rings. The summed E-state index contributed by atoms with van der Waals surface area (Å²) in [5.74, 6) is 0.675. The van der Waals surface area contributed by atoms with Crippen LogP contribution in [0.3, 0.4) is 0 Å². The van der Waals surface area contributed by atoms with Crippen LogP contribution in [0.1, 0.15) is 5.56 Å². The van der Waals surface area contributed by atoms with Crippen molar-refractivity contribution in [3.05, 3.63) is 248 Å². The molecule has 12 rings (SSSR count). The first-order valence-corrected chi connectivity index (χ1v) is 22.8. The van der Waals surface area contributed by atoms with Crippen LogP contribution in [0.4, 0.5) is 0 Å². The molecule has 0 aliphatic carbocycles. The molecule has 0 spiro atoms. The minimum atomic E-state index is 0.675. The number of hydrogen-bond acceptors (Lipinski definition) is 3. The standard InChI is InChI=1S/C64H43N3/c1-42-36-55(37-53-16-8-10-18-58(42)53)47-28-34-52(35-29-47)64-66-62(51-32-26-49(27-33-51)57-38-54-17-9-11-19-61(54)65-41-57)60-40-56(48-22-20-45(21-23-48)43-12-4-2-5-13-43)39-59(63(60)67-64)50-30-24-46(25-31-50)44-14-6-3-7-15-44/h2-41H,1H3. The molecule has 3 nitrogen and oxygen atoms in total. The lowest BCUT2D eigenvalue weighted by molar-refractivity contribution is 1.23. The zero-order valence-corrected chi connectivity index (χ0v) is 36.9. The zero-order chi connectivity index (χ0) is 44.7. The highest BCUT2D eigenvalue weighted by Gasteiger charge is 2.19. The molecule has 0 atom stereocenters. The van der Waals surface area contributed by atoms with Gasteiger partial charge in [0, 0.05) is 39.2 Å². The normalized spacial score (nSPS) is 11.4. The molecule has 10 aromatic carbocycles. The van der Waals surface area contributed by atoms with Crippen molar-refractivity contribution in [1.82, 2.24) is 15.0 Å². The fraction of sp³-hybridized carbons (Fsp3) is 0.0156. The zero-order valence-electron chi connectivity index (χ0n) is 36.9. The second-order valence-electron chi connectivity index (χ2n) is 17.3. The van der Waals surface area contributed by atoms with Gasteiger partial charge in [-0.3, -0.25) is 4.98 Å². The molecule has 0 fully saturated rings. The third-order valence-electron chi connectivity index (χ3n) is 13.1. The Labute approximate surface area is 390 Å². The number of nitrogens with zero attached hydrogens (tertiary/aromatic N) is 3. The quantitative estimate of drug-likeness (QED) is 0.153. The maximum Gasteiger partial charge on any atom is 0.160 e. The summed E-state index contributed by atoms with van der Waals surface area (Å²) in [5, 5.41) is 4.62. The van der Waals surface area contributed by atoms with E-state index < -0.39 is 0 Å². The summed E-state index contributed by atoms with van der Waals surface area (Å²) >= 11 is 0. The lowest BCUT2D eigenvalue weighted by Gasteiger charge is -2.16. The van der Waals surface area contributed by atoms with Crippen LogP contribution in [0, 0.1) is 6.92 Å². The molecule has 0 N–H and O–H groups in total. The predicted molar refractivity (Wildman–Crippen MR) is 281 cm³/mol. The Morgan fingerprint density at radius 3 is 1.40 bits per heavy atom. The van der Waals surface area contributed by atoms with E-state index in [4.69, 9.17) is 15.0 Å². The van der Waals surface area contributed by atoms with Gasteiger partial charge in [-0.15, -0.1) is 0 Å². The van der Waals surface area contributed by atoms with Gasteiger partial charge in [0.25, 0.3) is 0 Å². The van der Waals surface area contributed by atoms with E-state index in [1.54, 1.807) is 0 Å². The van der Waals surface area contributed by atoms with Crippen molar-refractivity contribution >= 4 is 32.6 Å². The molecule has 0 saturated carbocycles. The fourth-order valence-corrected chi connectivity index (χ4v) is 9.46. The van der Waals surface area contributed by atoms with E-state index in [0.29, 0.717) is 5.82 Å². The van der Waals surface area contributed by atoms with Crippen LogP contribution in [0.25, 0.3) is 122 Å². The number of benzene rings is 10. The summed E-state index contributed by atoms with van der Waals surface area (Å²) in [6, 6.07) is 84.5. The summed E-state index contributed by atoms with van der Waals surface area (Å²) in [6.45, 7) is 2.19. The third-order valence-corrected chi connectivity index (χ3v) is 13.1. The van der Waals surface area contributed by atoms with Crippen LogP contribution in [-0.4, -0.2) is 15.0 Å². The predicted octanol–water partition coefficient (Wildman–Crippen LogP) is 17.0. The fourth-order valence-electron chi connectivity index (χ4n) is 9.46. The number of hydrogen-bond donors (Lipinski definition) is 0. The Bertz CT molecular complexity index is 3750. The minimum absolute atomic E-state index is 0.675. The van der Waals surface area contributed by atoms with E-state index in [1.165, 1.54) is 44.2 Å². The van der Waals surface area contributed by atoms with Crippen LogP contribution >= 0.6 is 0 Å². The molecule has 0 aliphatic heterocycles. The molecule has 0 amide bonds. The summed E-state index contributed by atoms with van der Waals surface area (Å²) in [4.78, 5) is 15.8. The first-order valence-electron chi connectivity index (χ1n) is 22.8. The van der Waals surface area contributed by atoms with Crippen LogP contribution in [0.2, 0.25) is 0 Å². The topological polar surface area (TPSA) is 38.7 Å². The van der Waals surface area contributed by atoms with Gasteiger partial charge in [-0.2, -0.15) is 0 Å². The molecule has 0 bridgehead atoms. The van der Waals surface area contributed by atoms with Crippen molar-refractivity contribution in [2.24, 2.45) is 0 Å². The summed E-state index contributed by atoms with van der Waals surface area (Å²) < 4.78 is 0. The first kappa shape index (κ1) is 39.8. The average Bonchev–Trinajstić information content (AvgIpc) is 3.41. The molecular formula is C64H43N3. The Balaban J connectivity index is 1.04. The Morgan fingerprint density at radius 1 is 0.299 bits per heavy atom. The Morgan fingerprint density at radius 2 is 0.761 bits per heavy atom. The summed E-state index contributed by atoms with van der Waals surface area (Å²) in [6.07, 6.45) is 1.96. The maximum atomic E-state index is 5.51. The molecular weight excluding hydrogens is 811 g/mol. The van der Waals surface area contributed by atoms with Crippen molar-refractivity contribution < 1.29 is 0 Å². The van der Waals surface area contributed by atoms with Gasteiger partial charge in [0.05, 0.1) is 16.7 Å². The van der Waals surface area contributed by atoms with Crippen LogP contribution in [0.15, 0.2) is 243 Å². The highest BCUT2D eigenvalue weighted by molar-refractivity contribution is 6.05. The third kappa shape index (κ3) is 7.73. The molecule has 0 saturated heterocycles. The number of fused-ring (bicyclic) bond motifs is 3. The van der Waals surface area contributed by atoms with E-state index in [0.717, 1.165) is 77.6 Å². The van der Waals surface area contributed by atoms with Crippen molar-refractivity contribution in [2.75, 3.05) is 0 Å². The molecule has 67 heavy (non-hydrogen) atoms. The molecule has 0 radical (unpaired) electrons. The van der Waals surface area contributed by atoms with Gasteiger partial charge < -0.3 is 0 Å². The van der Waals surface area contributed by atoms with Gasteiger partial charge in [0.15, 0.2) is 5.82 Å². The van der Waals surface area contributed by atoms with Crippen molar-refractivity contribution in [3.8, 4) is 89.4 Å². The highest BCUT2D eigenvalue weighted by Crippen LogP contribution is 2.40. The Hall–Kier alpha value is -8.79. The lowest BCUT2D eigenvalue weighted by Crippen LogP contribution is -1.98. The number of rotatable bonds is 8. The van der Waals surface area contributed by atoms with Crippen LogP contribution < -0.4 is 0 Å². The van der Waals surface area contributed by atoms with Gasteiger partial charge in [0.2, 0.25) is 0 Å². The van der Waals surface area contributed by atoms with Crippen LogP contribution in [0.5, 0.6) is 0 Å². The smallest absolute Gasteiger partial charge is 0.160 e. The lowest BCUT2D eigenvalue weighted by atomic mass is 9.92. The Kier molecular flexibility index (Phi) is 10.1. The average molecular weight is 854 g/mol.